The van der Waals surface area contributed by atoms with Gasteiger partial charge in [-0.3, -0.25) is 9.69 Å². The molecule has 1 atom stereocenters. The molecular formula is C23H22F3NO4. The highest BCUT2D eigenvalue weighted by molar-refractivity contribution is 6.04. The van der Waals surface area contributed by atoms with Gasteiger partial charge in [0.1, 0.15) is 6.61 Å². The molecule has 31 heavy (non-hydrogen) atoms. The van der Waals surface area contributed by atoms with Crippen molar-refractivity contribution in [3.63, 3.8) is 0 Å². The molecule has 0 saturated heterocycles. The maximum Gasteiger partial charge on any atom is 0.416 e. The van der Waals surface area contributed by atoms with Gasteiger partial charge in [-0.1, -0.05) is 35.9 Å². The number of hydrogen-bond acceptors (Lipinski definition) is 4. The highest BCUT2D eigenvalue weighted by Crippen LogP contribution is 2.40. The molecule has 0 fully saturated rings. The van der Waals surface area contributed by atoms with Crippen molar-refractivity contribution in [1.29, 1.82) is 0 Å². The molecule has 1 aliphatic rings. The Morgan fingerprint density at radius 3 is 2.45 bits per heavy atom. The smallest absolute Gasteiger partial charge is 0.416 e. The van der Waals surface area contributed by atoms with E-state index in [9.17, 15) is 22.8 Å². The number of rotatable bonds is 5. The fraction of sp³-hybridized carbons (Fsp3) is 0.304. The number of ether oxygens (including phenoxy) is 1. The number of halogens is 3. The quantitative estimate of drug-likeness (QED) is 0.713. The van der Waals surface area contributed by atoms with Crippen LogP contribution in [0, 0.1) is 6.92 Å². The zero-order valence-electron chi connectivity index (χ0n) is 17.1. The molecule has 1 unspecified atom stereocenters. The van der Waals surface area contributed by atoms with E-state index in [2.05, 4.69) is 0 Å². The number of aliphatic hydroxyl groups excluding tert-OH is 1. The first-order chi connectivity index (χ1) is 14.6. The maximum atomic E-state index is 13.2. The van der Waals surface area contributed by atoms with E-state index in [1.807, 2.05) is 19.1 Å². The molecule has 3 rings (SSSR count). The predicted molar refractivity (Wildman–Crippen MR) is 108 cm³/mol. The Morgan fingerprint density at radius 1 is 1.16 bits per heavy atom. The van der Waals surface area contributed by atoms with Crippen molar-refractivity contribution >= 4 is 17.6 Å². The SMILES string of the molecule is CC1=C(C(=O)OCCO)C(c2ccc(C)cc2)CC(=O)N1c1cccc(C(F)(F)F)c1. The Hall–Kier alpha value is -3.13. The summed E-state index contributed by atoms with van der Waals surface area (Å²) in [4.78, 5) is 27.0. The molecule has 0 bridgehead atoms. The number of benzene rings is 2. The van der Waals surface area contributed by atoms with Crippen molar-refractivity contribution in [3.05, 3.63) is 76.5 Å². The molecular weight excluding hydrogens is 411 g/mol. The second-order valence-electron chi connectivity index (χ2n) is 7.30. The van der Waals surface area contributed by atoms with E-state index in [0.29, 0.717) is 0 Å². The van der Waals surface area contributed by atoms with Crippen LogP contribution >= 0.6 is 0 Å². The lowest BCUT2D eigenvalue weighted by Crippen LogP contribution is -2.38. The predicted octanol–water partition coefficient (Wildman–Crippen LogP) is 4.34. The zero-order valence-corrected chi connectivity index (χ0v) is 17.1. The molecule has 0 radical (unpaired) electrons. The van der Waals surface area contributed by atoms with E-state index >= 15 is 0 Å². The van der Waals surface area contributed by atoms with Gasteiger partial charge in [-0.05, 0) is 37.6 Å². The number of amides is 1. The van der Waals surface area contributed by atoms with Gasteiger partial charge in [-0.15, -0.1) is 0 Å². The summed E-state index contributed by atoms with van der Waals surface area (Å²) >= 11 is 0. The first-order valence-electron chi connectivity index (χ1n) is 9.69. The summed E-state index contributed by atoms with van der Waals surface area (Å²) in [5.74, 6) is -1.76. The first-order valence-corrected chi connectivity index (χ1v) is 9.69. The second kappa shape index (κ2) is 8.93. The molecule has 0 saturated carbocycles. The third kappa shape index (κ3) is 4.80. The van der Waals surface area contributed by atoms with Gasteiger partial charge < -0.3 is 9.84 Å². The molecule has 8 heteroatoms. The number of carbonyl (C=O) groups is 2. The Morgan fingerprint density at radius 2 is 1.84 bits per heavy atom. The molecule has 164 valence electrons. The molecule has 2 aromatic carbocycles. The fourth-order valence-electron chi connectivity index (χ4n) is 3.68. The highest BCUT2D eigenvalue weighted by atomic mass is 19.4. The van der Waals surface area contributed by atoms with E-state index in [4.69, 9.17) is 9.84 Å². The average Bonchev–Trinajstić information content (AvgIpc) is 2.72. The third-order valence-electron chi connectivity index (χ3n) is 5.16. The van der Waals surface area contributed by atoms with Crippen LogP contribution < -0.4 is 4.90 Å². The zero-order chi connectivity index (χ0) is 22.8. The van der Waals surface area contributed by atoms with Crippen LogP contribution in [0.4, 0.5) is 18.9 Å². The highest BCUT2D eigenvalue weighted by Gasteiger charge is 2.38. The number of aliphatic hydroxyl groups is 1. The number of hydrogen-bond donors (Lipinski definition) is 1. The van der Waals surface area contributed by atoms with Gasteiger partial charge in [0, 0.05) is 23.7 Å². The molecule has 5 nitrogen and oxygen atoms in total. The normalized spacial score (nSPS) is 17.2. The van der Waals surface area contributed by atoms with E-state index in [1.54, 1.807) is 12.1 Å². The Labute approximate surface area is 177 Å². The summed E-state index contributed by atoms with van der Waals surface area (Å²) in [5.41, 5.74) is 1.22. The van der Waals surface area contributed by atoms with Gasteiger partial charge in [0.2, 0.25) is 5.91 Å². The fourth-order valence-corrected chi connectivity index (χ4v) is 3.68. The molecule has 2 aromatic rings. The van der Waals surface area contributed by atoms with Crippen LogP contribution in [0.1, 0.15) is 36.0 Å². The molecule has 1 amide bonds. The minimum absolute atomic E-state index is 0.0205. The number of esters is 1. The molecule has 1 heterocycles. The van der Waals surface area contributed by atoms with E-state index in [1.165, 1.54) is 19.1 Å². The lowest BCUT2D eigenvalue weighted by molar-refractivity contribution is -0.140. The van der Waals surface area contributed by atoms with Crippen LogP contribution in [0.15, 0.2) is 59.8 Å². The van der Waals surface area contributed by atoms with Crippen LogP contribution in [-0.2, 0) is 20.5 Å². The third-order valence-corrected chi connectivity index (χ3v) is 5.16. The Bertz CT molecular complexity index is 1010. The minimum Gasteiger partial charge on any atom is -0.460 e. The summed E-state index contributed by atoms with van der Waals surface area (Å²) in [6.45, 7) is 2.81. The van der Waals surface area contributed by atoms with Crippen LogP contribution in [0.5, 0.6) is 0 Å². The molecule has 1 N–H and O–H groups in total. The average molecular weight is 433 g/mol. The van der Waals surface area contributed by atoms with Gasteiger partial charge >= 0.3 is 12.1 Å². The van der Waals surface area contributed by atoms with Crippen molar-refractivity contribution in [2.24, 2.45) is 0 Å². The minimum atomic E-state index is -4.57. The molecule has 0 aliphatic carbocycles. The summed E-state index contributed by atoms with van der Waals surface area (Å²) in [5, 5.41) is 9.01. The summed E-state index contributed by atoms with van der Waals surface area (Å²) in [6, 6.07) is 11.7. The number of allylic oxidation sites excluding steroid dienone is 1. The van der Waals surface area contributed by atoms with Gasteiger partial charge in [-0.2, -0.15) is 13.2 Å². The summed E-state index contributed by atoms with van der Waals surface area (Å²) < 4.78 is 44.6. The first kappa shape index (κ1) is 22.6. The van der Waals surface area contributed by atoms with Crippen molar-refractivity contribution in [1.82, 2.24) is 0 Å². The van der Waals surface area contributed by atoms with Crippen molar-refractivity contribution < 1.29 is 32.6 Å². The number of nitrogens with zero attached hydrogens (tertiary/aromatic N) is 1. The van der Waals surface area contributed by atoms with Crippen molar-refractivity contribution in [2.75, 3.05) is 18.1 Å². The number of aryl methyl sites for hydroxylation is 1. The van der Waals surface area contributed by atoms with E-state index in [0.717, 1.165) is 28.2 Å². The molecule has 0 aromatic heterocycles. The monoisotopic (exact) mass is 433 g/mol. The Kier molecular flexibility index (Phi) is 6.50. The van der Waals surface area contributed by atoms with E-state index < -0.39 is 29.5 Å². The summed E-state index contributed by atoms with van der Waals surface area (Å²) in [7, 11) is 0. The number of carbonyl (C=O) groups excluding carboxylic acids is 2. The van der Waals surface area contributed by atoms with Crippen molar-refractivity contribution in [2.45, 2.75) is 32.4 Å². The van der Waals surface area contributed by atoms with Gasteiger partial charge in [-0.25, -0.2) is 4.79 Å². The Balaban J connectivity index is 2.12. The van der Waals surface area contributed by atoms with E-state index in [-0.39, 0.29) is 36.6 Å². The lowest BCUT2D eigenvalue weighted by atomic mass is 9.83. The van der Waals surface area contributed by atoms with Crippen molar-refractivity contribution in [3.8, 4) is 0 Å². The van der Waals surface area contributed by atoms with Gasteiger partial charge in [0.15, 0.2) is 0 Å². The number of anilines is 1. The van der Waals surface area contributed by atoms with Crippen LogP contribution in [-0.4, -0.2) is 30.2 Å². The van der Waals surface area contributed by atoms with Crippen LogP contribution in [0.3, 0.4) is 0 Å². The lowest BCUT2D eigenvalue weighted by Gasteiger charge is -2.34. The maximum absolute atomic E-state index is 13.2. The van der Waals surface area contributed by atoms with Gasteiger partial charge in [0.25, 0.3) is 0 Å². The van der Waals surface area contributed by atoms with Crippen LogP contribution in [0.25, 0.3) is 0 Å². The summed E-state index contributed by atoms with van der Waals surface area (Å²) in [6.07, 6.45) is -4.68. The second-order valence-corrected chi connectivity index (χ2v) is 7.30. The largest absolute Gasteiger partial charge is 0.460 e. The molecule has 1 aliphatic heterocycles. The standard InChI is InChI=1S/C23H22F3NO4/c1-14-6-8-16(9-7-14)19-13-20(29)27(15(2)21(19)22(30)31-11-10-28)18-5-3-4-17(12-18)23(24,25)26/h3-9,12,19,28H,10-11,13H2,1-2H3. The van der Waals surface area contributed by atoms with Crippen LogP contribution in [0.2, 0.25) is 0 Å². The van der Waals surface area contributed by atoms with Gasteiger partial charge in [0.05, 0.1) is 17.7 Å². The molecule has 0 spiro atoms. The number of alkyl halides is 3. The topological polar surface area (TPSA) is 66.8 Å².